The molecule has 144 valence electrons. The van der Waals surface area contributed by atoms with Gasteiger partial charge in [-0.3, -0.25) is 9.59 Å². The van der Waals surface area contributed by atoms with Gasteiger partial charge in [0.2, 0.25) is 5.76 Å². The predicted octanol–water partition coefficient (Wildman–Crippen LogP) is 5.86. The normalized spacial score (nSPS) is 16.1. The van der Waals surface area contributed by atoms with Crippen molar-refractivity contribution in [2.24, 2.45) is 0 Å². The number of benzene rings is 2. The Morgan fingerprint density at radius 2 is 1.89 bits per heavy atom. The molecule has 1 aromatic heterocycles. The number of hydrogen-bond acceptors (Lipinski definition) is 3. The Morgan fingerprint density at radius 3 is 2.57 bits per heavy atom. The van der Waals surface area contributed by atoms with E-state index in [1.54, 1.807) is 17.0 Å². The highest BCUT2D eigenvalue weighted by atomic mass is 79.9. The van der Waals surface area contributed by atoms with E-state index < -0.39 is 6.04 Å². The van der Waals surface area contributed by atoms with Crippen molar-refractivity contribution >= 4 is 44.4 Å². The topological polar surface area (TPSA) is 50.5 Å². The SMILES string of the molecule is CCCCN1C(=O)c2oc3cc(C)c(Cl)cc3c(=O)c2C1c1ccc(Br)cc1. The Morgan fingerprint density at radius 1 is 1.18 bits per heavy atom. The largest absolute Gasteiger partial charge is 0.450 e. The van der Waals surface area contributed by atoms with Crippen molar-refractivity contribution in [1.82, 2.24) is 4.90 Å². The van der Waals surface area contributed by atoms with Crippen molar-refractivity contribution in [2.75, 3.05) is 6.54 Å². The van der Waals surface area contributed by atoms with Crippen molar-refractivity contribution in [3.8, 4) is 0 Å². The number of carbonyl (C=O) groups is 1. The minimum Gasteiger partial charge on any atom is -0.450 e. The van der Waals surface area contributed by atoms with E-state index in [2.05, 4.69) is 22.9 Å². The van der Waals surface area contributed by atoms with Crippen LogP contribution in [0.1, 0.15) is 53.1 Å². The summed E-state index contributed by atoms with van der Waals surface area (Å²) in [4.78, 5) is 28.3. The van der Waals surface area contributed by atoms with Crippen LogP contribution >= 0.6 is 27.5 Å². The van der Waals surface area contributed by atoms with Crippen molar-refractivity contribution < 1.29 is 9.21 Å². The monoisotopic (exact) mass is 459 g/mol. The first-order valence-corrected chi connectivity index (χ1v) is 10.4. The highest BCUT2D eigenvalue weighted by Gasteiger charge is 2.42. The average Bonchev–Trinajstić information content (AvgIpc) is 2.95. The van der Waals surface area contributed by atoms with Crippen molar-refractivity contribution in [1.29, 1.82) is 0 Å². The van der Waals surface area contributed by atoms with E-state index in [0.717, 1.165) is 28.4 Å². The zero-order chi connectivity index (χ0) is 20.0. The summed E-state index contributed by atoms with van der Waals surface area (Å²) in [6.07, 6.45) is 1.80. The molecular formula is C22H19BrClNO3. The van der Waals surface area contributed by atoms with Crippen molar-refractivity contribution in [3.05, 3.63) is 78.6 Å². The van der Waals surface area contributed by atoms with Gasteiger partial charge in [-0.2, -0.15) is 0 Å². The number of hydrogen-bond donors (Lipinski definition) is 0. The molecule has 1 atom stereocenters. The molecule has 0 aliphatic carbocycles. The fraction of sp³-hybridized carbons (Fsp3) is 0.273. The Kier molecular flexibility index (Phi) is 5.06. The molecule has 4 nitrogen and oxygen atoms in total. The van der Waals surface area contributed by atoms with Gasteiger partial charge in [-0.15, -0.1) is 0 Å². The first-order chi connectivity index (χ1) is 13.4. The number of halogens is 2. The molecule has 0 N–H and O–H groups in total. The molecule has 3 aromatic rings. The van der Waals surface area contributed by atoms with Crippen LogP contribution in [0.15, 0.2) is 50.1 Å². The first kappa shape index (κ1) is 19.2. The van der Waals surface area contributed by atoms with Gasteiger partial charge >= 0.3 is 0 Å². The quantitative estimate of drug-likeness (QED) is 0.490. The third kappa shape index (κ3) is 3.07. The zero-order valence-corrected chi connectivity index (χ0v) is 17.9. The van der Waals surface area contributed by atoms with Crippen LogP contribution in [0.3, 0.4) is 0 Å². The molecule has 6 heteroatoms. The van der Waals surface area contributed by atoms with Crippen LogP contribution in [0.4, 0.5) is 0 Å². The molecule has 0 radical (unpaired) electrons. The van der Waals surface area contributed by atoms with E-state index in [1.807, 2.05) is 31.2 Å². The number of carbonyl (C=O) groups excluding carboxylic acids is 1. The van der Waals surface area contributed by atoms with Gasteiger partial charge in [-0.25, -0.2) is 0 Å². The van der Waals surface area contributed by atoms with Crippen LogP contribution in [0.5, 0.6) is 0 Å². The number of fused-ring (bicyclic) bond motifs is 2. The van der Waals surface area contributed by atoms with Crippen LogP contribution in [0, 0.1) is 6.92 Å². The summed E-state index contributed by atoms with van der Waals surface area (Å²) in [7, 11) is 0. The highest BCUT2D eigenvalue weighted by molar-refractivity contribution is 9.10. The molecule has 1 unspecified atom stereocenters. The smallest absolute Gasteiger partial charge is 0.290 e. The van der Waals surface area contributed by atoms with E-state index in [4.69, 9.17) is 16.0 Å². The van der Waals surface area contributed by atoms with Crippen LogP contribution in [0.2, 0.25) is 5.02 Å². The first-order valence-electron chi connectivity index (χ1n) is 9.25. The number of amides is 1. The third-order valence-electron chi connectivity index (χ3n) is 5.19. The van der Waals surface area contributed by atoms with E-state index in [9.17, 15) is 9.59 Å². The lowest BCUT2D eigenvalue weighted by atomic mass is 9.98. The molecule has 4 rings (SSSR count). The summed E-state index contributed by atoms with van der Waals surface area (Å²) >= 11 is 9.69. The summed E-state index contributed by atoms with van der Waals surface area (Å²) in [6.45, 7) is 4.48. The molecule has 0 bridgehead atoms. The third-order valence-corrected chi connectivity index (χ3v) is 6.12. The Hall–Kier alpha value is -2.11. The standard InChI is InChI=1S/C22H19BrClNO3/c1-3-4-9-25-19(13-5-7-14(23)8-6-13)18-20(26)15-11-16(24)12(2)10-17(15)28-21(18)22(25)27/h5-8,10-11,19H,3-4,9H2,1-2H3. The molecule has 2 heterocycles. The van der Waals surface area contributed by atoms with Crippen LogP contribution in [0.25, 0.3) is 11.0 Å². The van der Waals surface area contributed by atoms with Gasteiger partial charge in [0.1, 0.15) is 5.58 Å². The second-order valence-electron chi connectivity index (χ2n) is 7.08. The van der Waals surface area contributed by atoms with E-state index in [1.165, 1.54) is 0 Å². The summed E-state index contributed by atoms with van der Waals surface area (Å²) in [5, 5.41) is 0.911. The Labute approximate surface area is 176 Å². The molecule has 0 saturated carbocycles. The second kappa shape index (κ2) is 7.37. The molecule has 2 aromatic carbocycles. The van der Waals surface area contributed by atoms with Gasteiger partial charge in [-0.05, 0) is 48.7 Å². The zero-order valence-electron chi connectivity index (χ0n) is 15.6. The van der Waals surface area contributed by atoms with Gasteiger partial charge in [0.05, 0.1) is 17.0 Å². The number of unbranched alkanes of at least 4 members (excludes halogenated alkanes) is 1. The molecule has 0 saturated heterocycles. The van der Waals surface area contributed by atoms with Crippen molar-refractivity contribution in [2.45, 2.75) is 32.7 Å². The van der Waals surface area contributed by atoms with Crippen molar-refractivity contribution in [3.63, 3.8) is 0 Å². The highest BCUT2D eigenvalue weighted by Crippen LogP contribution is 2.39. The maximum absolute atomic E-state index is 13.4. The molecule has 1 aliphatic heterocycles. The summed E-state index contributed by atoms with van der Waals surface area (Å²) in [6, 6.07) is 10.6. The number of rotatable bonds is 4. The Bertz CT molecular complexity index is 1140. The van der Waals surface area contributed by atoms with Gasteiger partial charge in [0.15, 0.2) is 5.43 Å². The fourth-order valence-corrected chi connectivity index (χ4v) is 4.12. The molecule has 1 aliphatic rings. The average molecular weight is 461 g/mol. The van der Waals surface area contributed by atoms with Gasteiger partial charge in [0, 0.05) is 16.0 Å². The lowest BCUT2D eigenvalue weighted by molar-refractivity contribution is 0.0725. The molecule has 0 spiro atoms. The fourth-order valence-electron chi connectivity index (χ4n) is 3.69. The maximum atomic E-state index is 13.4. The van der Waals surface area contributed by atoms with Gasteiger partial charge < -0.3 is 9.32 Å². The van der Waals surface area contributed by atoms with Gasteiger partial charge in [0.25, 0.3) is 5.91 Å². The van der Waals surface area contributed by atoms with Gasteiger partial charge in [-0.1, -0.05) is 53.0 Å². The minimum absolute atomic E-state index is 0.142. The molecule has 28 heavy (non-hydrogen) atoms. The minimum atomic E-state index is -0.456. The second-order valence-corrected chi connectivity index (χ2v) is 8.40. The molecular weight excluding hydrogens is 442 g/mol. The van der Waals surface area contributed by atoms with E-state index in [0.29, 0.717) is 28.1 Å². The lowest BCUT2D eigenvalue weighted by Gasteiger charge is -2.25. The summed E-state index contributed by atoms with van der Waals surface area (Å²) in [5.74, 6) is -0.0915. The van der Waals surface area contributed by atoms with Crippen LogP contribution < -0.4 is 5.43 Å². The van der Waals surface area contributed by atoms with Crippen LogP contribution in [-0.2, 0) is 0 Å². The van der Waals surface area contributed by atoms with E-state index >= 15 is 0 Å². The number of aryl methyl sites for hydroxylation is 1. The molecule has 0 fully saturated rings. The number of nitrogens with zero attached hydrogens (tertiary/aromatic N) is 1. The van der Waals surface area contributed by atoms with E-state index in [-0.39, 0.29) is 17.1 Å². The maximum Gasteiger partial charge on any atom is 0.290 e. The van der Waals surface area contributed by atoms with Crippen LogP contribution in [-0.4, -0.2) is 17.4 Å². The lowest BCUT2D eigenvalue weighted by Crippen LogP contribution is -2.30. The summed E-state index contributed by atoms with van der Waals surface area (Å²) < 4.78 is 6.90. The predicted molar refractivity (Wildman–Crippen MR) is 114 cm³/mol. The molecule has 1 amide bonds. The summed E-state index contributed by atoms with van der Waals surface area (Å²) in [5.41, 5.74) is 2.28. The Balaban J connectivity index is 1.98.